The summed E-state index contributed by atoms with van der Waals surface area (Å²) in [5.74, 6) is -1.12. The van der Waals surface area contributed by atoms with Crippen molar-refractivity contribution in [2.24, 2.45) is 0 Å². The molecule has 3 nitrogen and oxygen atoms in total. The monoisotopic (exact) mass is 346 g/mol. The van der Waals surface area contributed by atoms with Crippen LogP contribution in [0.15, 0.2) is 42.5 Å². The first kappa shape index (κ1) is 16.4. The van der Waals surface area contributed by atoms with Crippen LogP contribution in [0.1, 0.15) is 19.4 Å². The summed E-state index contributed by atoms with van der Waals surface area (Å²) in [4.78, 5) is 0. The predicted octanol–water partition coefficient (Wildman–Crippen LogP) is 4.96. The lowest BCUT2D eigenvalue weighted by Crippen LogP contribution is -2.27. The Labute approximate surface area is 144 Å². The molecule has 3 rings (SSSR count). The summed E-state index contributed by atoms with van der Waals surface area (Å²) in [5.41, 5.74) is 1.28. The number of hydrogen-bond donors (Lipinski definition) is 2. The molecule has 0 radical (unpaired) electrons. The molecule has 0 aromatic heterocycles. The van der Waals surface area contributed by atoms with E-state index < -0.39 is 11.6 Å². The molecule has 124 valence electrons. The zero-order valence-corrected chi connectivity index (χ0v) is 14.0. The first-order valence-corrected chi connectivity index (χ1v) is 7.79. The predicted molar refractivity (Wildman–Crippen MR) is 96.4 cm³/mol. The highest BCUT2D eigenvalue weighted by Crippen LogP contribution is 2.32. The quantitative estimate of drug-likeness (QED) is 0.753. The van der Waals surface area contributed by atoms with Crippen molar-refractivity contribution in [3.05, 3.63) is 59.7 Å². The Hall–Kier alpha value is -2.47. The Balaban J connectivity index is 1.73. The topological polar surface area (TPSA) is 33.3 Å². The largest absolute Gasteiger partial charge is 0.483 e. The number of nitrogens with one attached hydrogen (secondary N) is 2. The first-order valence-electron chi connectivity index (χ1n) is 7.38. The van der Waals surface area contributed by atoms with E-state index >= 15 is 0 Å². The van der Waals surface area contributed by atoms with Crippen molar-refractivity contribution >= 4 is 34.8 Å². The summed E-state index contributed by atoms with van der Waals surface area (Å²) in [6, 6.07) is 9.40. The van der Waals surface area contributed by atoms with Crippen LogP contribution in [0.2, 0.25) is 0 Å². The molecular weight excluding hydrogens is 330 g/mol. The van der Waals surface area contributed by atoms with Gasteiger partial charge in [-0.15, -0.1) is 0 Å². The van der Waals surface area contributed by atoms with E-state index in [1.54, 1.807) is 0 Å². The minimum absolute atomic E-state index is 0.0181. The summed E-state index contributed by atoms with van der Waals surface area (Å²) in [7, 11) is 0. The number of ether oxygens (including phenoxy) is 1. The van der Waals surface area contributed by atoms with Crippen LogP contribution in [0, 0.1) is 11.6 Å². The van der Waals surface area contributed by atoms with Crippen LogP contribution in [0.3, 0.4) is 0 Å². The zero-order chi connectivity index (χ0) is 17.3. The molecule has 6 heteroatoms. The minimum atomic E-state index is -0.967. The molecule has 1 aliphatic rings. The lowest BCUT2D eigenvalue weighted by molar-refractivity contribution is 0.159. The van der Waals surface area contributed by atoms with Gasteiger partial charge in [-0.3, -0.25) is 0 Å². The third-order valence-electron chi connectivity index (χ3n) is 3.50. The standard InChI is InChI=1S/C18H16F2N2OS/c1-18(2)9-8-11-10-12(6-7-15(11)23-18)21-17(24)22-14-5-3-4-13(19)16(14)20/h3-10H,1-2H3,(H2,21,22,24). The molecule has 24 heavy (non-hydrogen) atoms. The number of benzene rings is 2. The van der Waals surface area contributed by atoms with Crippen LogP contribution >= 0.6 is 12.2 Å². The van der Waals surface area contributed by atoms with E-state index in [4.69, 9.17) is 17.0 Å². The van der Waals surface area contributed by atoms with Gasteiger partial charge in [0.1, 0.15) is 11.4 Å². The lowest BCUT2D eigenvalue weighted by Gasteiger charge is -2.28. The molecular formula is C18H16F2N2OS. The minimum Gasteiger partial charge on any atom is -0.483 e. The molecule has 0 saturated carbocycles. The Bertz CT molecular complexity index is 834. The normalized spacial score (nSPS) is 14.5. The molecule has 2 aromatic carbocycles. The fourth-order valence-electron chi connectivity index (χ4n) is 2.34. The molecule has 0 amide bonds. The van der Waals surface area contributed by atoms with Crippen molar-refractivity contribution in [2.45, 2.75) is 19.4 Å². The van der Waals surface area contributed by atoms with Gasteiger partial charge in [0.25, 0.3) is 0 Å². The van der Waals surface area contributed by atoms with Crippen LogP contribution in [-0.2, 0) is 0 Å². The molecule has 0 unspecified atom stereocenters. The Morgan fingerprint density at radius 1 is 1.12 bits per heavy atom. The zero-order valence-electron chi connectivity index (χ0n) is 13.2. The third-order valence-corrected chi connectivity index (χ3v) is 3.71. The summed E-state index contributed by atoms with van der Waals surface area (Å²) >= 11 is 5.15. The van der Waals surface area contributed by atoms with E-state index in [0.717, 1.165) is 23.1 Å². The second-order valence-electron chi connectivity index (χ2n) is 5.97. The molecule has 1 heterocycles. The van der Waals surface area contributed by atoms with Crippen LogP contribution in [0.25, 0.3) is 6.08 Å². The van der Waals surface area contributed by atoms with Crippen LogP contribution in [-0.4, -0.2) is 10.7 Å². The van der Waals surface area contributed by atoms with E-state index in [0.29, 0.717) is 0 Å². The molecule has 1 aliphatic heterocycles. The fourth-order valence-corrected chi connectivity index (χ4v) is 2.57. The first-order chi connectivity index (χ1) is 11.3. The second kappa shape index (κ2) is 6.20. The molecule has 0 bridgehead atoms. The smallest absolute Gasteiger partial charge is 0.182 e. The summed E-state index contributed by atoms with van der Waals surface area (Å²) in [6.45, 7) is 3.95. The molecule has 2 N–H and O–H groups in total. The lowest BCUT2D eigenvalue weighted by atomic mass is 10.0. The number of thiocarbonyl (C=S) groups is 1. The van der Waals surface area contributed by atoms with Crippen molar-refractivity contribution in [2.75, 3.05) is 10.6 Å². The molecule has 0 fully saturated rings. The number of anilines is 2. The number of rotatable bonds is 2. The van der Waals surface area contributed by atoms with Gasteiger partial charge in [-0.1, -0.05) is 12.1 Å². The number of halogens is 2. The van der Waals surface area contributed by atoms with Crippen LogP contribution in [0.5, 0.6) is 5.75 Å². The van der Waals surface area contributed by atoms with E-state index in [-0.39, 0.29) is 16.4 Å². The van der Waals surface area contributed by atoms with Gasteiger partial charge in [-0.2, -0.15) is 0 Å². The Kier molecular flexibility index (Phi) is 4.24. The molecule has 2 aromatic rings. The van der Waals surface area contributed by atoms with Crippen LogP contribution < -0.4 is 15.4 Å². The second-order valence-corrected chi connectivity index (χ2v) is 6.38. The highest BCUT2D eigenvalue weighted by Gasteiger charge is 2.21. The van der Waals surface area contributed by atoms with Crippen molar-refractivity contribution in [1.82, 2.24) is 0 Å². The third kappa shape index (κ3) is 3.54. The Morgan fingerprint density at radius 3 is 2.71 bits per heavy atom. The van der Waals surface area contributed by atoms with Gasteiger partial charge in [-0.25, -0.2) is 8.78 Å². The van der Waals surface area contributed by atoms with Gasteiger partial charge in [0.15, 0.2) is 16.7 Å². The maximum Gasteiger partial charge on any atom is 0.182 e. The maximum absolute atomic E-state index is 13.6. The SMILES string of the molecule is CC1(C)C=Cc2cc(NC(=S)Nc3cccc(F)c3F)ccc2O1. The van der Waals surface area contributed by atoms with Crippen molar-refractivity contribution < 1.29 is 13.5 Å². The van der Waals surface area contributed by atoms with Crippen molar-refractivity contribution in [3.63, 3.8) is 0 Å². The van der Waals surface area contributed by atoms with Crippen molar-refractivity contribution in [3.8, 4) is 5.75 Å². The fraction of sp³-hybridized carbons (Fsp3) is 0.167. The van der Waals surface area contributed by atoms with E-state index in [1.165, 1.54) is 12.1 Å². The van der Waals surface area contributed by atoms with E-state index in [2.05, 4.69) is 10.6 Å². The number of hydrogen-bond acceptors (Lipinski definition) is 2. The Morgan fingerprint density at radius 2 is 1.92 bits per heavy atom. The van der Waals surface area contributed by atoms with Gasteiger partial charge in [0.05, 0.1) is 5.69 Å². The van der Waals surface area contributed by atoms with Crippen LogP contribution in [0.4, 0.5) is 20.2 Å². The maximum atomic E-state index is 13.6. The van der Waals surface area contributed by atoms with E-state index in [1.807, 2.05) is 44.2 Å². The van der Waals surface area contributed by atoms with Gasteiger partial charge in [0, 0.05) is 11.3 Å². The van der Waals surface area contributed by atoms with Gasteiger partial charge < -0.3 is 15.4 Å². The van der Waals surface area contributed by atoms with Crippen molar-refractivity contribution in [1.29, 1.82) is 0 Å². The molecule has 0 spiro atoms. The average molecular weight is 346 g/mol. The summed E-state index contributed by atoms with van der Waals surface area (Å²) in [5, 5.41) is 5.77. The summed E-state index contributed by atoms with van der Waals surface area (Å²) in [6.07, 6.45) is 3.95. The van der Waals surface area contributed by atoms with Gasteiger partial charge in [0.2, 0.25) is 0 Å². The van der Waals surface area contributed by atoms with E-state index in [9.17, 15) is 8.78 Å². The van der Waals surface area contributed by atoms with Gasteiger partial charge in [-0.05, 0) is 62.5 Å². The average Bonchev–Trinajstić information content (AvgIpc) is 2.51. The highest BCUT2D eigenvalue weighted by molar-refractivity contribution is 7.80. The molecule has 0 aliphatic carbocycles. The summed E-state index contributed by atoms with van der Waals surface area (Å²) < 4.78 is 32.7. The number of fused-ring (bicyclic) bond motifs is 1. The van der Waals surface area contributed by atoms with Gasteiger partial charge >= 0.3 is 0 Å². The highest BCUT2D eigenvalue weighted by atomic mass is 32.1. The molecule has 0 saturated heterocycles. The molecule has 0 atom stereocenters.